The van der Waals surface area contributed by atoms with Crippen LogP contribution in [0.2, 0.25) is 0 Å². The molecular formula is C15H19N3S. The Morgan fingerprint density at radius 2 is 2.05 bits per heavy atom. The van der Waals surface area contributed by atoms with Crippen LogP contribution in [0.25, 0.3) is 11.3 Å². The van der Waals surface area contributed by atoms with E-state index in [1.165, 1.54) is 24.1 Å². The van der Waals surface area contributed by atoms with Crippen molar-refractivity contribution in [3.63, 3.8) is 0 Å². The normalized spacial score (nSPS) is 15.1. The van der Waals surface area contributed by atoms with Gasteiger partial charge in [-0.25, -0.2) is 0 Å². The predicted molar refractivity (Wildman–Crippen MR) is 80.7 cm³/mol. The quantitative estimate of drug-likeness (QED) is 0.845. The number of aromatic amines is 1. The van der Waals surface area contributed by atoms with Gasteiger partial charge in [-0.05, 0) is 37.7 Å². The lowest BCUT2D eigenvalue weighted by Crippen LogP contribution is -2.25. The highest BCUT2D eigenvalue weighted by molar-refractivity contribution is 7.71. The lowest BCUT2D eigenvalue weighted by molar-refractivity contribution is 0.309. The van der Waals surface area contributed by atoms with Crippen molar-refractivity contribution in [3.8, 4) is 11.3 Å². The largest absolute Gasteiger partial charge is 0.337 e. The molecule has 0 amide bonds. The molecule has 0 radical (unpaired) electrons. The molecule has 1 aliphatic rings. The van der Waals surface area contributed by atoms with E-state index in [0.29, 0.717) is 0 Å². The van der Waals surface area contributed by atoms with E-state index in [2.05, 4.69) is 45.8 Å². The van der Waals surface area contributed by atoms with Gasteiger partial charge in [0, 0.05) is 25.3 Å². The van der Waals surface area contributed by atoms with Crippen LogP contribution in [-0.4, -0.2) is 34.1 Å². The third kappa shape index (κ3) is 2.80. The van der Waals surface area contributed by atoms with E-state index in [1.807, 2.05) is 12.3 Å². The molecule has 2 aromatic rings. The van der Waals surface area contributed by atoms with Gasteiger partial charge >= 0.3 is 0 Å². The van der Waals surface area contributed by atoms with Gasteiger partial charge in [-0.1, -0.05) is 30.3 Å². The minimum atomic E-state index is 0.799. The van der Waals surface area contributed by atoms with Gasteiger partial charge < -0.3 is 14.5 Å². The molecule has 1 fully saturated rings. The first-order valence-corrected chi connectivity index (χ1v) is 7.20. The molecule has 1 aromatic heterocycles. The van der Waals surface area contributed by atoms with Gasteiger partial charge in [-0.15, -0.1) is 0 Å². The SMILES string of the molecule is CN(CCn1c(-c2ccccc2)c[nH]c1=S)C1CC1. The monoisotopic (exact) mass is 273 g/mol. The third-order valence-corrected chi connectivity index (χ3v) is 4.12. The first kappa shape index (κ1) is 12.6. The van der Waals surface area contributed by atoms with Crippen molar-refractivity contribution in [1.29, 1.82) is 0 Å². The van der Waals surface area contributed by atoms with E-state index < -0.39 is 0 Å². The molecule has 3 rings (SSSR count). The predicted octanol–water partition coefficient (Wildman–Crippen LogP) is 3.31. The van der Waals surface area contributed by atoms with E-state index >= 15 is 0 Å². The fraction of sp³-hybridized carbons (Fsp3) is 0.400. The summed E-state index contributed by atoms with van der Waals surface area (Å²) < 4.78 is 3.01. The molecule has 1 aliphatic carbocycles. The van der Waals surface area contributed by atoms with Crippen LogP contribution in [0.3, 0.4) is 0 Å². The molecule has 0 aliphatic heterocycles. The summed E-state index contributed by atoms with van der Waals surface area (Å²) in [5, 5.41) is 0. The summed E-state index contributed by atoms with van der Waals surface area (Å²) in [5.74, 6) is 0. The summed E-state index contributed by atoms with van der Waals surface area (Å²) in [6.45, 7) is 2.00. The van der Waals surface area contributed by atoms with Gasteiger partial charge in [-0.2, -0.15) is 0 Å². The summed E-state index contributed by atoms with van der Waals surface area (Å²) in [6, 6.07) is 11.2. The van der Waals surface area contributed by atoms with Crippen molar-refractivity contribution < 1.29 is 0 Å². The van der Waals surface area contributed by atoms with Crippen LogP contribution < -0.4 is 0 Å². The van der Waals surface area contributed by atoms with Gasteiger partial charge in [-0.3, -0.25) is 0 Å². The van der Waals surface area contributed by atoms with E-state index in [0.717, 1.165) is 23.9 Å². The van der Waals surface area contributed by atoms with Crippen LogP contribution in [-0.2, 0) is 6.54 Å². The van der Waals surface area contributed by atoms with Gasteiger partial charge in [0.15, 0.2) is 4.77 Å². The second-order valence-electron chi connectivity index (χ2n) is 5.21. The Hall–Kier alpha value is -1.39. The average Bonchev–Trinajstić information content (AvgIpc) is 3.22. The van der Waals surface area contributed by atoms with Gasteiger partial charge in [0.05, 0.1) is 5.69 Å². The molecule has 0 spiro atoms. The number of imidazole rings is 1. The molecule has 0 unspecified atom stereocenters. The summed E-state index contributed by atoms with van der Waals surface area (Å²) in [7, 11) is 2.20. The second-order valence-corrected chi connectivity index (χ2v) is 5.60. The van der Waals surface area contributed by atoms with Crippen LogP contribution in [0, 0.1) is 4.77 Å². The standard InChI is InChI=1S/C15H19N3S/c1-17(13-7-8-13)9-10-18-14(11-16-15(18)19)12-5-3-2-4-6-12/h2-6,11,13H,7-10H2,1H3,(H,16,19). The van der Waals surface area contributed by atoms with E-state index in [9.17, 15) is 0 Å². The van der Waals surface area contributed by atoms with Gasteiger partial charge in [0.25, 0.3) is 0 Å². The number of nitrogens with one attached hydrogen (secondary N) is 1. The molecule has 19 heavy (non-hydrogen) atoms. The minimum Gasteiger partial charge on any atom is -0.337 e. The van der Waals surface area contributed by atoms with E-state index in [1.54, 1.807) is 0 Å². The van der Waals surface area contributed by atoms with E-state index in [4.69, 9.17) is 12.2 Å². The van der Waals surface area contributed by atoms with Crippen molar-refractivity contribution >= 4 is 12.2 Å². The number of hydrogen-bond acceptors (Lipinski definition) is 2. The highest BCUT2D eigenvalue weighted by Gasteiger charge is 2.25. The Bertz CT molecular complexity index is 595. The van der Waals surface area contributed by atoms with Crippen molar-refractivity contribution in [2.75, 3.05) is 13.6 Å². The number of likely N-dealkylation sites (N-methyl/N-ethyl adjacent to an activating group) is 1. The lowest BCUT2D eigenvalue weighted by Gasteiger charge is -2.17. The molecule has 1 saturated carbocycles. The molecule has 1 aromatic carbocycles. The lowest BCUT2D eigenvalue weighted by atomic mass is 10.2. The minimum absolute atomic E-state index is 0.799. The molecule has 3 nitrogen and oxygen atoms in total. The Morgan fingerprint density at radius 3 is 2.74 bits per heavy atom. The molecule has 100 valence electrons. The highest BCUT2D eigenvalue weighted by Crippen LogP contribution is 2.25. The smallest absolute Gasteiger partial charge is 0.177 e. The van der Waals surface area contributed by atoms with Crippen molar-refractivity contribution in [3.05, 3.63) is 41.3 Å². The summed E-state index contributed by atoms with van der Waals surface area (Å²) in [5.41, 5.74) is 2.39. The van der Waals surface area contributed by atoms with Crippen LogP contribution in [0.15, 0.2) is 36.5 Å². The first-order valence-electron chi connectivity index (χ1n) is 6.79. The third-order valence-electron chi connectivity index (χ3n) is 3.78. The molecule has 0 bridgehead atoms. The fourth-order valence-electron chi connectivity index (χ4n) is 2.42. The van der Waals surface area contributed by atoms with Crippen LogP contribution in [0.5, 0.6) is 0 Å². The number of rotatable bonds is 5. The Labute approximate surface area is 118 Å². The van der Waals surface area contributed by atoms with Crippen LogP contribution in [0.4, 0.5) is 0 Å². The number of nitrogens with zero attached hydrogens (tertiary/aromatic N) is 2. The summed E-state index contributed by atoms with van der Waals surface area (Å²) >= 11 is 5.40. The number of hydrogen-bond donors (Lipinski definition) is 1. The molecular weight excluding hydrogens is 254 g/mol. The highest BCUT2D eigenvalue weighted by atomic mass is 32.1. The maximum atomic E-state index is 5.40. The first-order chi connectivity index (χ1) is 9.25. The zero-order chi connectivity index (χ0) is 13.2. The molecule has 1 N–H and O–H groups in total. The zero-order valence-corrected chi connectivity index (χ0v) is 12.0. The fourth-order valence-corrected chi connectivity index (χ4v) is 2.67. The summed E-state index contributed by atoms with van der Waals surface area (Å²) in [4.78, 5) is 5.60. The van der Waals surface area contributed by atoms with E-state index in [-0.39, 0.29) is 0 Å². The zero-order valence-electron chi connectivity index (χ0n) is 11.2. The average molecular weight is 273 g/mol. The maximum absolute atomic E-state index is 5.40. The number of H-pyrrole nitrogens is 1. The van der Waals surface area contributed by atoms with Crippen LogP contribution in [0.1, 0.15) is 12.8 Å². The Balaban J connectivity index is 1.80. The molecule has 0 saturated heterocycles. The molecule has 0 atom stereocenters. The Kier molecular flexibility index (Phi) is 3.53. The van der Waals surface area contributed by atoms with Crippen molar-refractivity contribution in [2.45, 2.75) is 25.4 Å². The number of aromatic nitrogens is 2. The Morgan fingerprint density at radius 1 is 1.32 bits per heavy atom. The van der Waals surface area contributed by atoms with Crippen LogP contribution >= 0.6 is 12.2 Å². The summed E-state index contributed by atoms with van der Waals surface area (Å²) in [6.07, 6.45) is 4.70. The molecule has 1 heterocycles. The molecule has 4 heteroatoms. The second kappa shape index (κ2) is 5.31. The number of benzene rings is 1. The maximum Gasteiger partial charge on any atom is 0.177 e. The van der Waals surface area contributed by atoms with Gasteiger partial charge in [0.2, 0.25) is 0 Å². The topological polar surface area (TPSA) is 24.0 Å². The van der Waals surface area contributed by atoms with Crippen molar-refractivity contribution in [2.24, 2.45) is 0 Å². The van der Waals surface area contributed by atoms with Gasteiger partial charge in [0.1, 0.15) is 0 Å². The van der Waals surface area contributed by atoms with Crippen molar-refractivity contribution in [1.82, 2.24) is 14.5 Å².